The number of hydrogen-bond donors (Lipinski definition) is 1. The van der Waals surface area contributed by atoms with Crippen LogP contribution in [0.25, 0.3) is 0 Å². The molecule has 0 saturated carbocycles. The van der Waals surface area contributed by atoms with Crippen LogP contribution in [-0.4, -0.2) is 22.4 Å². The molecule has 4 rings (SSSR count). The first-order chi connectivity index (χ1) is 12.3. The molecule has 0 saturated heterocycles. The Bertz CT molecular complexity index is 895. The maximum Gasteiger partial charge on any atom is 0.260 e. The van der Waals surface area contributed by atoms with Crippen molar-refractivity contribution >= 4 is 17.5 Å². The summed E-state index contributed by atoms with van der Waals surface area (Å²) in [5, 5.41) is 2.84. The molecule has 1 aliphatic rings. The van der Waals surface area contributed by atoms with E-state index >= 15 is 0 Å². The van der Waals surface area contributed by atoms with E-state index in [0.717, 1.165) is 19.5 Å². The molecule has 1 aliphatic heterocycles. The summed E-state index contributed by atoms with van der Waals surface area (Å²) in [7, 11) is 0. The van der Waals surface area contributed by atoms with Gasteiger partial charge in [0.15, 0.2) is 0 Å². The van der Waals surface area contributed by atoms with Gasteiger partial charge in [0.2, 0.25) is 0 Å². The Kier molecular flexibility index (Phi) is 4.12. The number of carbonyl (C=O) groups is 1. The Balaban J connectivity index is 1.60. The number of nitrogens with zero attached hydrogens (tertiary/aromatic N) is 3. The average molecular weight is 330 g/mol. The van der Waals surface area contributed by atoms with Crippen molar-refractivity contribution in [1.29, 1.82) is 0 Å². The lowest BCUT2D eigenvalue weighted by Gasteiger charge is -2.30. The van der Waals surface area contributed by atoms with Crippen LogP contribution in [0.5, 0.6) is 0 Å². The second-order valence-corrected chi connectivity index (χ2v) is 5.98. The van der Waals surface area contributed by atoms with Gasteiger partial charge in [0, 0.05) is 25.5 Å². The molecule has 124 valence electrons. The van der Waals surface area contributed by atoms with E-state index in [4.69, 9.17) is 0 Å². The van der Waals surface area contributed by atoms with Gasteiger partial charge in [0.25, 0.3) is 5.91 Å². The minimum atomic E-state index is -0.194. The summed E-state index contributed by atoms with van der Waals surface area (Å²) in [6.07, 6.45) is 4.34. The highest BCUT2D eigenvalue weighted by molar-refractivity contribution is 6.07. The number of hydrogen-bond acceptors (Lipinski definition) is 4. The molecule has 5 heteroatoms. The first kappa shape index (κ1) is 15.3. The van der Waals surface area contributed by atoms with Crippen molar-refractivity contribution in [1.82, 2.24) is 9.97 Å². The highest BCUT2D eigenvalue weighted by Gasteiger charge is 2.22. The number of rotatable bonds is 3. The van der Waals surface area contributed by atoms with Crippen molar-refractivity contribution < 1.29 is 4.79 Å². The van der Waals surface area contributed by atoms with Crippen molar-refractivity contribution in [3.05, 3.63) is 83.7 Å². The van der Waals surface area contributed by atoms with E-state index in [2.05, 4.69) is 44.5 Å². The van der Waals surface area contributed by atoms with Crippen LogP contribution in [0.2, 0.25) is 0 Å². The van der Waals surface area contributed by atoms with Crippen molar-refractivity contribution in [3.63, 3.8) is 0 Å². The van der Waals surface area contributed by atoms with E-state index in [1.165, 1.54) is 11.1 Å². The Morgan fingerprint density at radius 2 is 1.72 bits per heavy atom. The normalized spacial score (nSPS) is 13.2. The fourth-order valence-electron chi connectivity index (χ4n) is 3.12. The van der Waals surface area contributed by atoms with E-state index < -0.39 is 0 Å². The van der Waals surface area contributed by atoms with Crippen molar-refractivity contribution in [2.75, 3.05) is 16.8 Å². The SMILES string of the molecule is O=C(Nc1ccccn1)c1cccnc1N1CCc2ccccc2C1. The van der Waals surface area contributed by atoms with Gasteiger partial charge in [0.05, 0.1) is 5.56 Å². The quantitative estimate of drug-likeness (QED) is 0.800. The molecule has 0 aliphatic carbocycles. The number of fused-ring (bicyclic) bond motifs is 1. The number of pyridine rings is 2. The maximum atomic E-state index is 12.7. The third-order valence-electron chi connectivity index (χ3n) is 4.37. The van der Waals surface area contributed by atoms with Crippen molar-refractivity contribution in [3.8, 4) is 0 Å². The second-order valence-electron chi connectivity index (χ2n) is 5.98. The van der Waals surface area contributed by atoms with Crippen LogP contribution in [0.15, 0.2) is 67.0 Å². The van der Waals surface area contributed by atoms with Crippen LogP contribution < -0.4 is 10.2 Å². The molecular formula is C20H18N4O. The van der Waals surface area contributed by atoms with Gasteiger partial charge < -0.3 is 10.2 Å². The molecular weight excluding hydrogens is 312 g/mol. The summed E-state index contributed by atoms with van der Waals surface area (Å²) in [5.41, 5.74) is 3.22. The van der Waals surface area contributed by atoms with Gasteiger partial charge in [-0.1, -0.05) is 30.3 Å². The molecule has 3 heterocycles. The highest BCUT2D eigenvalue weighted by Crippen LogP contribution is 2.26. The molecule has 0 spiro atoms. The van der Waals surface area contributed by atoms with Gasteiger partial charge in [-0.2, -0.15) is 0 Å². The molecule has 1 aromatic carbocycles. The summed E-state index contributed by atoms with van der Waals surface area (Å²) < 4.78 is 0. The number of benzene rings is 1. The summed E-state index contributed by atoms with van der Waals surface area (Å²) in [4.78, 5) is 23.5. The highest BCUT2D eigenvalue weighted by atomic mass is 16.1. The van der Waals surface area contributed by atoms with Gasteiger partial charge in [-0.15, -0.1) is 0 Å². The van der Waals surface area contributed by atoms with E-state index in [1.54, 1.807) is 30.6 Å². The summed E-state index contributed by atoms with van der Waals surface area (Å²) >= 11 is 0. The van der Waals surface area contributed by atoms with Crippen LogP contribution in [0.4, 0.5) is 11.6 Å². The molecule has 0 atom stereocenters. The van der Waals surface area contributed by atoms with Crippen molar-refractivity contribution in [2.45, 2.75) is 13.0 Å². The Hall–Kier alpha value is -3.21. The summed E-state index contributed by atoms with van der Waals surface area (Å²) in [6, 6.07) is 17.4. The average Bonchev–Trinajstić information content (AvgIpc) is 2.68. The van der Waals surface area contributed by atoms with Gasteiger partial charge in [-0.05, 0) is 41.8 Å². The minimum absolute atomic E-state index is 0.194. The van der Waals surface area contributed by atoms with Crippen LogP contribution in [0.3, 0.4) is 0 Å². The largest absolute Gasteiger partial charge is 0.351 e. The number of aromatic nitrogens is 2. The maximum absolute atomic E-state index is 12.7. The first-order valence-electron chi connectivity index (χ1n) is 8.30. The van der Waals surface area contributed by atoms with E-state index in [1.807, 2.05) is 12.1 Å². The number of carbonyl (C=O) groups excluding carboxylic acids is 1. The molecule has 0 fully saturated rings. The molecule has 0 bridgehead atoms. The van der Waals surface area contributed by atoms with E-state index in [9.17, 15) is 4.79 Å². The fourth-order valence-corrected chi connectivity index (χ4v) is 3.12. The lowest BCUT2D eigenvalue weighted by atomic mass is 9.99. The van der Waals surface area contributed by atoms with Crippen LogP contribution in [0.1, 0.15) is 21.5 Å². The van der Waals surface area contributed by atoms with Crippen LogP contribution >= 0.6 is 0 Å². The lowest BCUT2D eigenvalue weighted by Crippen LogP contribution is -2.32. The number of nitrogens with one attached hydrogen (secondary N) is 1. The molecule has 3 aromatic rings. The molecule has 5 nitrogen and oxygen atoms in total. The Labute approximate surface area is 146 Å². The van der Waals surface area contributed by atoms with E-state index in [0.29, 0.717) is 17.2 Å². The minimum Gasteiger partial charge on any atom is -0.351 e. The van der Waals surface area contributed by atoms with Gasteiger partial charge in [0.1, 0.15) is 11.6 Å². The van der Waals surface area contributed by atoms with Crippen LogP contribution in [0, 0.1) is 0 Å². The Morgan fingerprint density at radius 1 is 0.920 bits per heavy atom. The molecule has 0 unspecified atom stereocenters. The molecule has 2 aromatic heterocycles. The fraction of sp³-hybridized carbons (Fsp3) is 0.150. The molecule has 1 N–H and O–H groups in total. The predicted octanol–water partition coefficient (Wildman–Crippen LogP) is 3.29. The van der Waals surface area contributed by atoms with Gasteiger partial charge >= 0.3 is 0 Å². The first-order valence-corrected chi connectivity index (χ1v) is 8.30. The molecule has 1 amide bonds. The molecule has 0 radical (unpaired) electrons. The predicted molar refractivity (Wildman–Crippen MR) is 97.6 cm³/mol. The smallest absolute Gasteiger partial charge is 0.260 e. The second kappa shape index (κ2) is 6.73. The van der Waals surface area contributed by atoms with Crippen LogP contribution in [-0.2, 0) is 13.0 Å². The zero-order valence-electron chi connectivity index (χ0n) is 13.7. The number of amides is 1. The molecule has 25 heavy (non-hydrogen) atoms. The summed E-state index contributed by atoms with van der Waals surface area (Å²) in [6.45, 7) is 1.61. The van der Waals surface area contributed by atoms with E-state index in [-0.39, 0.29) is 5.91 Å². The van der Waals surface area contributed by atoms with Gasteiger partial charge in [-0.3, -0.25) is 4.79 Å². The lowest BCUT2D eigenvalue weighted by molar-refractivity contribution is 0.102. The standard InChI is InChI=1S/C20H18N4O/c25-20(23-18-9-3-4-11-21-18)17-8-5-12-22-19(17)24-13-10-15-6-1-2-7-16(15)14-24/h1-9,11-12H,10,13-14H2,(H,21,23,25). The zero-order chi connectivity index (χ0) is 17.1. The topological polar surface area (TPSA) is 58.1 Å². The Morgan fingerprint density at radius 3 is 2.56 bits per heavy atom. The van der Waals surface area contributed by atoms with Crippen molar-refractivity contribution in [2.24, 2.45) is 0 Å². The van der Waals surface area contributed by atoms with Gasteiger partial charge in [-0.25, -0.2) is 9.97 Å². The number of anilines is 2. The third kappa shape index (κ3) is 3.21. The summed E-state index contributed by atoms with van der Waals surface area (Å²) in [5.74, 6) is 1.05. The monoisotopic (exact) mass is 330 g/mol. The third-order valence-corrected chi connectivity index (χ3v) is 4.37. The zero-order valence-corrected chi connectivity index (χ0v) is 13.7.